The smallest absolute Gasteiger partial charge is 0.319 e. The van der Waals surface area contributed by atoms with Gasteiger partial charge in [0, 0.05) is 18.7 Å². The van der Waals surface area contributed by atoms with Gasteiger partial charge in [-0.1, -0.05) is 18.2 Å². The molecule has 0 aliphatic carbocycles. The van der Waals surface area contributed by atoms with Gasteiger partial charge >= 0.3 is 6.05 Å². The van der Waals surface area contributed by atoms with Crippen LogP contribution in [0.2, 0.25) is 0 Å². The van der Waals surface area contributed by atoms with Crippen molar-refractivity contribution in [1.29, 1.82) is 0 Å². The maximum absolute atomic E-state index is 14.3. The van der Waals surface area contributed by atoms with Gasteiger partial charge in [0.15, 0.2) is 11.6 Å². The molecular formula is C18H12F5N3O. The van der Waals surface area contributed by atoms with E-state index >= 15 is 0 Å². The Morgan fingerprint density at radius 1 is 1.07 bits per heavy atom. The highest BCUT2D eigenvalue weighted by Gasteiger charge is 2.26. The number of alkyl halides is 2. The fraction of sp³-hybridized carbons (Fsp3) is 0.111. The lowest BCUT2D eigenvalue weighted by Gasteiger charge is -2.12. The Bertz CT molecular complexity index is 1010. The summed E-state index contributed by atoms with van der Waals surface area (Å²) in [4.78, 5) is 12.3. The van der Waals surface area contributed by atoms with E-state index in [0.29, 0.717) is 11.6 Å². The van der Waals surface area contributed by atoms with Gasteiger partial charge in [-0.3, -0.25) is 4.79 Å². The normalized spacial score (nSPS) is 11.5. The standard InChI is InChI=1S/C18H12F5N3O/c1-18(22,23)26-9-11(8-24-26)17(27)25-16-12(3-2-4-14(16)20)10-5-6-13(19)15(21)7-10/h2-9H,1H3,(H,25,27). The zero-order valence-corrected chi connectivity index (χ0v) is 13.8. The van der Waals surface area contributed by atoms with Crippen LogP contribution in [-0.2, 0) is 6.05 Å². The summed E-state index contributed by atoms with van der Waals surface area (Å²) in [5.41, 5.74) is -0.310. The van der Waals surface area contributed by atoms with Crippen LogP contribution in [0, 0.1) is 17.5 Å². The maximum Gasteiger partial charge on any atom is 0.340 e. The molecule has 3 rings (SSSR count). The Labute approximate surface area is 150 Å². The molecule has 1 amide bonds. The summed E-state index contributed by atoms with van der Waals surface area (Å²) in [5, 5.41) is 5.66. The molecule has 27 heavy (non-hydrogen) atoms. The summed E-state index contributed by atoms with van der Waals surface area (Å²) >= 11 is 0. The molecule has 0 bridgehead atoms. The van der Waals surface area contributed by atoms with Crippen molar-refractivity contribution in [2.24, 2.45) is 0 Å². The van der Waals surface area contributed by atoms with E-state index < -0.39 is 29.4 Å². The minimum Gasteiger partial charge on any atom is -0.319 e. The van der Waals surface area contributed by atoms with Crippen molar-refractivity contribution in [3.8, 4) is 11.1 Å². The highest BCUT2D eigenvalue weighted by atomic mass is 19.3. The molecule has 0 aliphatic rings. The van der Waals surface area contributed by atoms with Gasteiger partial charge in [-0.05, 0) is 23.8 Å². The van der Waals surface area contributed by atoms with Crippen molar-refractivity contribution >= 4 is 11.6 Å². The number of rotatable bonds is 4. The van der Waals surface area contributed by atoms with Crippen molar-refractivity contribution in [2.45, 2.75) is 13.0 Å². The molecule has 4 nitrogen and oxygen atoms in total. The number of anilines is 1. The largest absolute Gasteiger partial charge is 0.340 e. The number of aromatic nitrogens is 2. The summed E-state index contributed by atoms with van der Waals surface area (Å²) < 4.78 is 67.6. The lowest BCUT2D eigenvalue weighted by molar-refractivity contribution is -0.0723. The number of nitrogens with one attached hydrogen (secondary N) is 1. The Hall–Kier alpha value is -3.23. The first-order valence-corrected chi connectivity index (χ1v) is 7.65. The molecule has 0 atom stereocenters. The molecule has 140 valence electrons. The number of carbonyl (C=O) groups excluding carboxylic acids is 1. The van der Waals surface area contributed by atoms with Crippen LogP contribution >= 0.6 is 0 Å². The van der Waals surface area contributed by atoms with Crippen LogP contribution in [0.25, 0.3) is 11.1 Å². The number of para-hydroxylation sites is 1. The molecule has 2 aromatic carbocycles. The molecule has 3 aromatic rings. The van der Waals surface area contributed by atoms with Crippen LogP contribution in [0.5, 0.6) is 0 Å². The summed E-state index contributed by atoms with van der Waals surface area (Å²) in [6, 6.07) is 3.42. The second kappa shape index (κ2) is 6.82. The number of halogens is 5. The number of hydrogen-bond acceptors (Lipinski definition) is 2. The predicted molar refractivity (Wildman–Crippen MR) is 87.8 cm³/mol. The first kappa shape index (κ1) is 18.6. The second-order valence-corrected chi connectivity index (χ2v) is 5.76. The molecule has 9 heteroatoms. The van der Waals surface area contributed by atoms with Crippen molar-refractivity contribution in [1.82, 2.24) is 9.78 Å². The summed E-state index contributed by atoms with van der Waals surface area (Å²) in [6.45, 7) is 0.597. The molecule has 1 N–H and O–H groups in total. The molecule has 0 saturated heterocycles. The average molecular weight is 381 g/mol. The average Bonchev–Trinajstić information content (AvgIpc) is 3.10. The van der Waals surface area contributed by atoms with Gasteiger partial charge in [-0.2, -0.15) is 13.9 Å². The van der Waals surface area contributed by atoms with Gasteiger partial charge < -0.3 is 5.32 Å². The Kier molecular flexibility index (Phi) is 4.69. The third-order valence-electron chi connectivity index (χ3n) is 3.73. The Balaban J connectivity index is 1.96. The molecule has 1 aromatic heterocycles. The number of benzene rings is 2. The zero-order valence-electron chi connectivity index (χ0n) is 13.8. The van der Waals surface area contributed by atoms with E-state index in [1.807, 2.05) is 0 Å². The van der Waals surface area contributed by atoms with E-state index in [1.54, 1.807) is 0 Å². The number of amides is 1. The van der Waals surface area contributed by atoms with Crippen molar-refractivity contribution < 1.29 is 26.7 Å². The minimum atomic E-state index is -3.31. The molecule has 0 aliphatic heterocycles. The van der Waals surface area contributed by atoms with E-state index in [9.17, 15) is 26.7 Å². The topological polar surface area (TPSA) is 46.9 Å². The van der Waals surface area contributed by atoms with Crippen LogP contribution in [0.4, 0.5) is 27.6 Å². The van der Waals surface area contributed by atoms with Crippen LogP contribution in [0.1, 0.15) is 17.3 Å². The number of nitrogens with zero attached hydrogens (tertiary/aromatic N) is 2. The molecule has 0 fully saturated rings. The quantitative estimate of drug-likeness (QED) is 0.661. The molecule has 0 unspecified atom stereocenters. The number of carbonyl (C=O) groups is 1. The van der Waals surface area contributed by atoms with Crippen LogP contribution < -0.4 is 5.32 Å². The molecule has 0 spiro atoms. The van der Waals surface area contributed by atoms with E-state index in [2.05, 4.69) is 10.4 Å². The molecule has 0 radical (unpaired) electrons. The van der Waals surface area contributed by atoms with Gasteiger partial charge in [-0.25, -0.2) is 17.9 Å². The van der Waals surface area contributed by atoms with Crippen molar-refractivity contribution in [2.75, 3.05) is 5.32 Å². The van der Waals surface area contributed by atoms with Gasteiger partial charge in [-0.15, -0.1) is 0 Å². The highest BCUT2D eigenvalue weighted by molar-refractivity contribution is 6.06. The Morgan fingerprint density at radius 3 is 2.44 bits per heavy atom. The Morgan fingerprint density at radius 2 is 1.81 bits per heavy atom. The van der Waals surface area contributed by atoms with Crippen LogP contribution in [0.3, 0.4) is 0 Å². The van der Waals surface area contributed by atoms with E-state index in [0.717, 1.165) is 30.6 Å². The second-order valence-electron chi connectivity index (χ2n) is 5.76. The summed E-state index contributed by atoms with van der Waals surface area (Å²) in [5.74, 6) is -3.94. The SMILES string of the molecule is CC(F)(F)n1cc(C(=O)Nc2c(F)cccc2-c2ccc(F)c(F)c2)cn1. The predicted octanol–water partition coefficient (Wildman–Crippen LogP) is 4.79. The molecule has 0 saturated carbocycles. The van der Waals surface area contributed by atoms with E-state index in [1.165, 1.54) is 18.2 Å². The maximum atomic E-state index is 14.3. The van der Waals surface area contributed by atoms with Gasteiger partial charge in [0.1, 0.15) is 5.82 Å². The first-order chi connectivity index (χ1) is 12.7. The van der Waals surface area contributed by atoms with Gasteiger partial charge in [0.2, 0.25) is 0 Å². The van der Waals surface area contributed by atoms with Gasteiger partial charge in [0.05, 0.1) is 17.4 Å². The fourth-order valence-corrected chi connectivity index (χ4v) is 2.40. The van der Waals surface area contributed by atoms with E-state index in [-0.39, 0.29) is 22.4 Å². The monoisotopic (exact) mass is 381 g/mol. The summed E-state index contributed by atoms with van der Waals surface area (Å²) in [6.07, 6.45) is 1.72. The van der Waals surface area contributed by atoms with E-state index in [4.69, 9.17) is 0 Å². The van der Waals surface area contributed by atoms with Crippen LogP contribution in [-0.4, -0.2) is 15.7 Å². The zero-order chi connectivity index (χ0) is 19.8. The third kappa shape index (κ3) is 3.81. The molecule has 1 heterocycles. The molecular weight excluding hydrogens is 369 g/mol. The van der Waals surface area contributed by atoms with Crippen molar-refractivity contribution in [3.05, 3.63) is 71.8 Å². The number of hydrogen-bond donors (Lipinski definition) is 1. The minimum absolute atomic E-state index is 0.0930. The fourth-order valence-electron chi connectivity index (χ4n) is 2.40. The van der Waals surface area contributed by atoms with Gasteiger partial charge in [0.25, 0.3) is 5.91 Å². The van der Waals surface area contributed by atoms with Crippen molar-refractivity contribution in [3.63, 3.8) is 0 Å². The third-order valence-corrected chi connectivity index (χ3v) is 3.73. The lowest BCUT2D eigenvalue weighted by Crippen LogP contribution is -2.19. The highest BCUT2D eigenvalue weighted by Crippen LogP contribution is 2.31. The lowest BCUT2D eigenvalue weighted by atomic mass is 10.0. The first-order valence-electron chi connectivity index (χ1n) is 7.65. The summed E-state index contributed by atoms with van der Waals surface area (Å²) in [7, 11) is 0. The van der Waals surface area contributed by atoms with Crippen LogP contribution in [0.15, 0.2) is 48.8 Å².